The second-order valence-corrected chi connectivity index (χ2v) is 12.4. The average Bonchev–Trinajstić information content (AvgIpc) is 2.87. The molecule has 4 fully saturated rings. The third kappa shape index (κ3) is 3.85. The first kappa shape index (κ1) is 22.5. The Hall–Kier alpha value is -2.72. The number of pyridine rings is 1. The van der Waals surface area contributed by atoms with Crippen LogP contribution in [0.5, 0.6) is 0 Å². The summed E-state index contributed by atoms with van der Waals surface area (Å²) in [5, 5.41) is 4.57. The number of carbonyl (C=O) groups is 1. The number of hydrogen-bond acceptors (Lipinski definition) is 3. The van der Waals surface area contributed by atoms with Crippen molar-refractivity contribution < 1.29 is 4.79 Å². The van der Waals surface area contributed by atoms with E-state index in [2.05, 4.69) is 59.6 Å². The number of amides is 1. The Morgan fingerprint density at radius 1 is 1.00 bits per heavy atom. The Balaban J connectivity index is 1.20. The summed E-state index contributed by atoms with van der Waals surface area (Å²) in [5.41, 5.74) is 5.66. The number of hydrogen-bond donors (Lipinski definition) is 1. The lowest BCUT2D eigenvalue weighted by Crippen LogP contribution is -2.56. The van der Waals surface area contributed by atoms with Gasteiger partial charge in [-0.15, -0.1) is 0 Å². The number of nitrogens with one attached hydrogen (secondary N) is 1. The molecule has 4 nitrogen and oxygen atoms in total. The summed E-state index contributed by atoms with van der Waals surface area (Å²) in [6, 6.07) is 19.1. The molecule has 8 rings (SSSR count). The number of fused-ring (bicyclic) bond motifs is 2. The highest BCUT2D eigenvalue weighted by molar-refractivity contribution is 6.07. The third-order valence-corrected chi connectivity index (χ3v) is 9.95. The average molecular weight is 480 g/mol. The number of carbonyl (C=O) groups excluding carboxylic acids is 1. The van der Waals surface area contributed by atoms with Crippen molar-refractivity contribution in [1.29, 1.82) is 0 Å². The van der Waals surface area contributed by atoms with Crippen molar-refractivity contribution in [3.63, 3.8) is 0 Å². The van der Waals surface area contributed by atoms with E-state index in [1.165, 1.54) is 44.1 Å². The molecule has 1 amide bonds. The first-order valence-electron chi connectivity index (χ1n) is 14.0. The summed E-state index contributed by atoms with van der Waals surface area (Å²) in [4.78, 5) is 21.6. The molecule has 0 saturated heterocycles. The molecule has 4 saturated carbocycles. The summed E-state index contributed by atoms with van der Waals surface area (Å²) in [6.45, 7) is 4.94. The molecular formula is C32H37N3O. The maximum absolute atomic E-state index is 14.1. The summed E-state index contributed by atoms with van der Waals surface area (Å²) in [5.74, 6) is 2.76. The Labute approximate surface area is 214 Å². The van der Waals surface area contributed by atoms with Crippen molar-refractivity contribution in [3.05, 3.63) is 77.0 Å². The predicted molar refractivity (Wildman–Crippen MR) is 144 cm³/mol. The largest absolute Gasteiger partial charge is 0.349 e. The van der Waals surface area contributed by atoms with Crippen molar-refractivity contribution in [2.75, 3.05) is 6.54 Å². The fourth-order valence-corrected chi connectivity index (χ4v) is 8.61. The Morgan fingerprint density at radius 3 is 2.39 bits per heavy atom. The van der Waals surface area contributed by atoms with Gasteiger partial charge < -0.3 is 5.32 Å². The lowest BCUT2D eigenvalue weighted by atomic mass is 9.48. The van der Waals surface area contributed by atoms with Gasteiger partial charge in [-0.05, 0) is 80.2 Å². The van der Waals surface area contributed by atoms with Gasteiger partial charge in [-0.3, -0.25) is 14.7 Å². The smallest absolute Gasteiger partial charge is 0.252 e. The van der Waals surface area contributed by atoms with Crippen LogP contribution in [-0.4, -0.2) is 28.4 Å². The summed E-state index contributed by atoms with van der Waals surface area (Å²) in [6.07, 6.45) is 9.10. The van der Waals surface area contributed by atoms with E-state index in [0.717, 1.165) is 71.5 Å². The van der Waals surface area contributed by atoms with Gasteiger partial charge >= 0.3 is 0 Å². The molecule has 1 N–H and O–H groups in total. The van der Waals surface area contributed by atoms with Crippen molar-refractivity contribution in [2.24, 2.45) is 23.2 Å². The normalized spacial score (nSPS) is 29.8. The number of para-hydroxylation sites is 1. The number of benzene rings is 2. The summed E-state index contributed by atoms with van der Waals surface area (Å²) in [7, 11) is 0. The van der Waals surface area contributed by atoms with Crippen molar-refractivity contribution in [3.8, 4) is 0 Å². The molecule has 3 aromatic rings. The van der Waals surface area contributed by atoms with Gasteiger partial charge in [-0.25, -0.2) is 0 Å². The quantitative estimate of drug-likeness (QED) is 0.479. The zero-order valence-corrected chi connectivity index (χ0v) is 21.4. The van der Waals surface area contributed by atoms with Crippen LogP contribution in [-0.2, 0) is 19.5 Å². The van der Waals surface area contributed by atoms with Crippen LogP contribution in [0.2, 0.25) is 0 Å². The highest BCUT2D eigenvalue weighted by Crippen LogP contribution is 2.61. The van der Waals surface area contributed by atoms with Crippen LogP contribution in [0, 0.1) is 23.2 Å². The molecule has 2 aromatic carbocycles. The van der Waals surface area contributed by atoms with Crippen LogP contribution in [0.4, 0.5) is 0 Å². The molecule has 0 unspecified atom stereocenters. The molecule has 5 aliphatic rings. The van der Waals surface area contributed by atoms with Gasteiger partial charge in [-0.1, -0.05) is 48.5 Å². The maximum atomic E-state index is 14.1. The Morgan fingerprint density at radius 2 is 1.67 bits per heavy atom. The number of rotatable bonds is 5. The number of aromatic nitrogens is 1. The molecule has 0 radical (unpaired) electrons. The molecule has 4 aliphatic carbocycles. The Kier molecular flexibility index (Phi) is 5.43. The van der Waals surface area contributed by atoms with Gasteiger partial charge in [-0.2, -0.15) is 0 Å². The molecule has 2 heterocycles. The monoisotopic (exact) mass is 479 g/mol. The van der Waals surface area contributed by atoms with Gasteiger partial charge in [0.05, 0.1) is 11.1 Å². The fourth-order valence-electron chi connectivity index (χ4n) is 8.61. The van der Waals surface area contributed by atoms with Crippen molar-refractivity contribution in [2.45, 2.75) is 71.0 Å². The highest BCUT2D eigenvalue weighted by Gasteiger charge is 2.53. The molecule has 4 heteroatoms. The van der Waals surface area contributed by atoms with E-state index in [1.54, 1.807) is 0 Å². The number of nitrogens with zero attached hydrogens (tertiary/aromatic N) is 2. The molecule has 0 spiro atoms. The van der Waals surface area contributed by atoms with Gasteiger partial charge in [0.2, 0.25) is 0 Å². The van der Waals surface area contributed by atoms with Gasteiger partial charge in [0, 0.05) is 48.7 Å². The molecule has 186 valence electrons. The van der Waals surface area contributed by atoms with E-state index in [-0.39, 0.29) is 11.9 Å². The van der Waals surface area contributed by atoms with Crippen LogP contribution in [0.3, 0.4) is 0 Å². The SMILES string of the molecule is C[C@@H](NC(=O)c1c2c(nc3ccccc13)CCN(Cc1ccccc1)C2)C12CC3CC(CC(C3)C1)C2. The van der Waals surface area contributed by atoms with Gasteiger partial charge in [0.1, 0.15) is 0 Å². The van der Waals surface area contributed by atoms with E-state index >= 15 is 0 Å². The van der Waals surface area contributed by atoms with E-state index < -0.39 is 0 Å². The molecular weight excluding hydrogens is 442 g/mol. The second kappa shape index (κ2) is 8.69. The molecule has 36 heavy (non-hydrogen) atoms. The molecule has 4 bridgehead atoms. The first-order valence-corrected chi connectivity index (χ1v) is 14.0. The van der Waals surface area contributed by atoms with Crippen molar-refractivity contribution >= 4 is 16.8 Å². The zero-order valence-electron chi connectivity index (χ0n) is 21.4. The van der Waals surface area contributed by atoms with Crippen LogP contribution < -0.4 is 5.32 Å². The van der Waals surface area contributed by atoms with Gasteiger partial charge in [0.25, 0.3) is 5.91 Å². The van der Waals surface area contributed by atoms with Crippen LogP contribution in [0.25, 0.3) is 10.9 Å². The van der Waals surface area contributed by atoms with Crippen LogP contribution in [0.1, 0.15) is 72.6 Å². The highest BCUT2D eigenvalue weighted by atomic mass is 16.1. The first-order chi connectivity index (χ1) is 17.6. The predicted octanol–water partition coefficient (Wildman–Crippen LogP) is 6.13. The minimum absolute atomic E-state index is 0.106. The minimum atomic E-state index is 0.106. The standard InChI is InChI=1S/C32H37N3O/c1-21(32-16-23-13-24(17-32)15-25(14-23)18-32)33-31(36)30-26-9-5-6-10-28(26)34-29-11-12-35(20-27(29)30)19-22-7-3-2-4-8-22/h2-10,21,23-25H,11-20H2,1H3,(H,33,36)/t21-,23?,24?,25?,32?/m1/s1. The fraction of sp³-hybridized carbons (Fsp3) is 0.500. The van der Waals surface area contributed by atoms with E-state index in [4.69, 9.17) is 4.98 Å². The third-order valence-electron chi connectivity index (χ3n) is 9.95. The second-order valence-electron chi connectivity index (χ2n) is 12.4. The van der Waals surface area contributed by atoms with Gasteiger partial charge in [0.15, 0.2) is 0 Å². The molecule has 1 aliphatic heterocycles. The van der Waals surface area contributed by atoms with Crippen molar-refractivity contribution in [1.82, 2.24) is 15.2 Å². The molecule has 1 aromatic heterocycles. The van der Waals surface area contributed by atoms with Crippen LogP contribution in [0.15, 0.2) is 54.6 Å². The van der Waals surface area contributed by atoms with E-state index in [0.29, 0.717) is 5.41 Å². The molecule has 1 atom stereocenters. The maximum Gasteiger partial charge on any atom is 0.252 e. The lowest BCUT2D eigenvalue weighted by molar-refractivity contribution is -0.0688. The lowest BCUT2D eigenvalue weighted by Gasteiger charge is -2.59. The summed E-state index contributed by atoms with van der Waals surface area (Å²) < 4.78 is 0. The van der Waals surface area contributed by atoms with Crippen LogP contribution >= 0.6 is 0 Å². The van der Waals surface area contributed by atoms with E-state index in [1.807, 2.05) is 12.1 Å². The zero-order chi connectivity index (χ0) is 24.3. The Bertz CT molecular complexity index is 1260. The van der Waals surface area contributed by atoms with E-state index in [9.17, 15) is 4.79 Å². The summed E-state index contributed by atoms with van der Waals surface area (Å²) >= 11 is 0. The minimum Gasteiger partial charge on any atom is -0.349 e. The topological polar surface area (TPSA) is 45.2 Å².